The molecule has 192 valence electrons. The summed E-state index contributed by atoms with van der Waals surface area (Å²) in [4.78, 5) is 36.5. The Morgan fingerprint density at radius 3 is 2.06 bits per heavy atom. The fourth-order valence-electron chi connectivity index (χ4n) is 3.48. The Labute approximate surface area is 189 Å². The third kappa shape index (κ3) is 8.44. The van der Waals surface area contributed by atoms with E-state index in [0.29, 0.717) is 6.61 Å². The highest BCUT2D eigenvalue weighted by atomic mass is 19.4. The smallest absolute Gasteiger partial charge is 0.475 e. The lowest BCUT2D eigenvalue weighted by atomic mass is 9.75. The lowest BCUT2D eigenvalue weighted by Crippen LogP contribution is -2.56. The average Bonchev–Trinajstić information content (AvgIpc) is 3.18. The molecule has 3 N–H and O–H groups in total. The Bertz CT molecular complexity index is 812. The van der Waals surface area contributed by atoms with Gasteiger partial charge in [0.25, 0.3) is 0 Å². The predicted octanol–water partition coefficient (Wildman–Crippen LogP) is 2.08. The van der Waals surface area contributed by atoms with E-state index < -0.39 is 24.3 Å². The number of aromatic nitrogens is 1. The van der Waals surface area contributed by atoms with Crippen LogP contribution in [-0.2, 0) is 25.7 Å². The number of nitrogens with zero attached hydrogens (tertiary/aromatic N) is 2. The van der Waals surface area contributed by atoms with E-state index in [9.17, 15) is 31.1 Å². The monoisotopic (exact) mass is 503 g/mol. The minimum atomic E-state index is -5.08. The van der Waals surface area contributed by atoms with Crippen molar-refractivity contribution in [1.82, 2.24) is 15.2 Å². The van der Waals surface area contributed by atoms with Crippen LogP contribution in [0, 0.1) is 5.41 Å². The molecule has 1 amide bonds. The normalized spacial score (nSPS) is 22.3. The number of ether oxygens (including phenoxy) is 1. The van der Waals surface area contributed by atoms with E-state index in [1.54, 1.807) is 7.05 Å². The topological polar surface area (TPSA) is 129 Å². The van der Waals surface area contributed by atoms with Crippen LogP contribution in [0.2, 0.25) is 0 Å². The SMILES string of the molecule is CNC(=O)[C@@]12CCO[C@@H]1CCN(Cc1ccncc1)C2.O=C(O)C(F)(F)F.O=C(O)C(F)(F)F. The molecule has 0 aromatic carbocycles. The second kappa shape index (κ2) is 12.0. The third-order valence-corrected chi connectivity index (χ3v) is 5.02. The quantitative estimate of drug-likeness (QED) is 0.535. The number of likely N-dealkylation sites (tertiary alicyclic amines) is 1. The van der Waals surface area contributed by atoms with Crippen LogP contribution in [0.1, 0.15) is 18.4 Å². The van der Waals surface area contributed by atoms with E-state index in [2.05, 4.69) is 15.2 Å². The number of carboxylic acids is 2. The van der Waals surface area contributed by atoms with Crippen LogP contribution in [-0.4, -0.2) is 83.1 Å². The van der Waals surface area contributed by atoms with Gasteiger partial charge in [-0.05, 0) is 30.5 Å². The molecule has 1 aromatic heterocycles. The number of carbonyl (C=O) groups is 3. The van der Waals surface area contributed by atoms with Gasteiger partial charge in [0, 0.05) is 45.7 Å². The summed E-state index contributed by atoms with van der Waals surface area (Å²) in [6, 6.07) is 4.06. The van der Waals surface area contributed by atoms with Crippen molar-refractivity contribution in [2.75, 3.05) is 26.7 Å². The number of carbonyl (C=O) groups excluding carboxylic acids is 1. The highest BCUT2D eigenvalue weighted by molar-refractivity contribution is 5.83. The number of carboxylic acid groups (broad SMARTS) is 2. The summed E-state index contributed by atoms with van der Waals surface area (Å²) in [6.07, 6.45) is -4.70. The van der Waals surface area contributed by atoms with Crippen molar-refractivity contribution in [3.63, 3.8) is 0 Å². The van der Waals surface area contributed by atoms with Crippen molar-refractivity contribution in [2.45, 2.75) is 37.8 Å². The zero-order chi connectivity index (χ0) is 26.2. The van der Waals surface area contributed by atoms with Crippen molar-refractivity contribution in [2.24, 2.45) is 5.41 Å². The number of aliphatic carboxylic acids is 2. The summed E-state index contributed by atoms with van der Waals surface area (Å²) in [5.74, 6) is -5.39. The largest absolute Gasteiger partial charge is 0.490 e. The molecular formula is C19H23F6N3O6. The van der Waals surface area contributed by atoms with Gasteiger partial charge in [0.05, 0.1) is 11.5 Å². The maximum Gasteiger partial charge on any atom is 0.490 e. The maximum absolute atomic E-state index is 12.3. The van der Waals surface area contributed by atoms with Crippen molar-refractivity contribution >= 4 is 17.8 Å². The van der Waals surface area contributed by atoms with Gasteiger partial charge in [-0.1, -0.05) is 0 Å². The maximum atomic E-state index is 12.3. The van der Waals surface area contributed by atoms with Gasteiger partial charge in [-0.2, -0.15) is 26.3 Å². The first-order valence-electron chi connectivity index (χ1n) is 9.68. The molecule has 34 heavy (non-hydrogen) atoms. The Kier molecular flexibility index (Phi) is 10.2. The summed E-state index contributed by atoms with van der Waals surface area (Å²) in [6.45, 7) is 3.32. The van der Waals surface area contributed by atoms with Crippen LogP contribution >= 0.6 is 0 Å². The number of hydrogen-bond acceptors (Lipinski definition) is 6. The standard InChI is InChI=1S/C15H21N3O2.2C2HF3O2/c1-16-14(19)15-5-9-20-13(15)4-8-18(11-15)10-12-2-6-17-7-3-12;2*3-2(4,5)1(6)7/h2-3,6-7,13H,4-5,8-11H2,1H3,(H,16,19);2*(H,6,7)/t13-,15-;;/m1../s1. The second-order valence-electron chi connectivity index (χ2n) is 7.31. The van der Waals surface area contributed by atoms with E-state index in [-0.39, 0.29) is 17.4 Å². The molecule has 3 heterocycles. The van der Waals surface area contributed by atoms with Crippen LogP contribution in [0.25, 0.3) is 0 Å². The van der Waals surface area contributed by atoms with Gasteiger partial charge in [-0.15, -0.1) is 0 Å². The van der Waals surface area contributed by atoms with Gasteiger partial charge in [-0.3, -0.25) is 14.7 Å². The first-order valence-corrected chi connectivity index (χ1v) is 9.68. The molecule has 2 atom stereocenters. The molecule has 2 aliphatic heterocycles. The zero-order valence-corrected chi connectivity index (χ0v) is 17.8. The Hall–Kier alpha value is -2.94. The number of piperidine rings is 1. The highest BCUT2D eigenvalue weighted by Gasteiger charge is 2.52. The molecule has 1 aromatic rings. The van der Waals surface area contributed by atoms with Crippen LogP contribution in [0.15, 0.2) is 24.5 Å². The molecule has 9 nitrogen and oxygen atoms in total. The Morgan fingerprint density at radius 1 is 1.12 bits per heavy atom. The molecule has 2 aliphatic rings. The number of hydrogen-bond donors (Lipinski definition) is 3. The molecule has 15 heteroatoms. The average molecular weight is 503 g/mol. The highest BCUT2D eigenvalue weighted by Crippen LogP contribution is 2.41. The molecule has 2 fully saturated rings. The Morgan fingerprint density at radius 2 is 1.62 bits per heavy atom. The molecular weight excluding hydrogens is 480 g/mol. The minimum absolute atomic E-state index is 0.0798. The number of fused-ring (bicyclic) bond motifs is 1. The fraction of sp³-hybridized carbons (Fsp3) is 0.579. The number of pyridine rings is 1. The predicted molar refractivity (Wildman–Crippen MR) is 102 cm³/mol. The molecule has 3 rings (SSSR count). The lowest BCUT2D eigenvalue weighted by molar-refractivity contribution is -0.193. The molecule has 0 saturated carbocycles. The number of amides is 1. The summed E-state index contributed by atoms with van der Waals surface area (Å²) in [7, 11) is 1.72. The first-order chi connectivity index (χ1) is 15.6. The summed E-state index contributed by atoms with van der Waals surface area (Å²) >= 11 is 0. The number of alkyl halides is 6. The third-order valence-electron chi connectivity index (χ3n) is 5.02. The van der Waals surface area contributed by atoms with Crippen molar-refractivity contribution < 1.29 is 55.7 Å². The summed E-state index contributed by atoms with van der Waals surface area (Å²) in [5.41, 5.74) is 0.879. The zero-order valence-electron chi connectivity index (χ0n) is 17.8. The number of nitrogens with one attached hydrogen (secondary N) is 1. The van der Waals surface area contributed by atoms with E-state index in [1.807, 2.05) is 24.5 Å². The van der Waals surface area contributed by atoms with E-state index in [0.717, 1.165) is 32.5 Å². The first kappa shape index (κ1) is 29.1. The van der Waals surface area contributed by atoms with Crippen molar-refractivity contribution in [1.29, 1.82) is 0 Å². The van der Waals surface area contributed by atoms with Gasteiger partial charge in [0.15, 0.2) is 0 Å². The number of halogens is 6. The fourth-order valence-corrected chi connectivity index (χ4v) is 3.48. The second-order valence-corrected chi connectivity index (χ2v) is 7.31. The molecule has 0 bridgehead atoms. The van der Waals surface area contributed by atoms with Crippen LogP contribution in [0.3, 0.4) is 0 Å². The van der Waals surface area contributed by atoms with Gasteiger partial charge < -0.3 is 20.3 Å². The van der Waals surface area contributed by atoms with Gasteiger partial charge >= 0.3 is 24.3 Å². The van der Waals surface area contributed by atoms with E-state index in [1.165, 1.54) is 5.56 Å². The molecule has 0 spiro atoms. The molecule has 0 radical (unpaired) electrons. The van der Waals surface area contributed by atoms with Crippen molar-refractivity contribution in [3.8, 4) is 0 Å². The lowest BCUT2D eigenvalue weighted by Gasteiger charge is -2.42. The van der Waals surface area contributed by atoms with Gasteiger partial charge in [-0.25, -0.2) is 9.59 Å². The van der Waals surface area contributed by atoms with E-state index >= 15 is 0 Å². The Balaban J connectivity index is 0.000000343. The minimum Gasteiger partial charge on any atom is -0.475 e. The van der Waals surface area contributed by atoms with Gasteiger partial charge in [0.1, 0.15) is 0 Å². The molecule has 0 unspecified atom stereocenters. The van der Waals surface area contributed by atoms with Crippen LogP contribution in [0.5, 0.6) is 0 Å². The van der Waals surface area contributed by atoms with Crippen molar-refractivity contribution in [3.05, 3.63) is 30.1 Å². The molecule has 0 aliphatic carbocycles. The van der Waals surface area contributed by atoms with Gasteiger partial charge in [0.2, 0.25) is 5.91 Å². The number of rotatable bonds is 3. The van der Waals surface area contributed by atoms with Crippen LogP contribution < -0.4 is 5.32 Å². The summed E-state index contributed by atoms with van der Waals surface area (Å²) in [5, 5.41) is 17.1. The molecule has 2 saturated heterocycles. The van der Waals surface area contributed by atoms with Crippen LogP contribution in [0.4, 0.5) is 26.3 Å². The van der Waals surface area contributed by atoms with E-state index in [4.69, 9.17) is 24.5 Å². The summed E-state index contributed by atoms with van der Waals surface area (Å²) < 4.78 is 69.3.